The first kappa shape index (κ1) is 15.1. The molecule has 22 heavy (non-hydrogen) atoms. The molecule has 2 aliphatic rings. The van der Waals surface area contributed by atoms with Gasteiger partial charge in [0.2, 0.25) is 10.0 Å². The molecule has 7 heteroatoms. The number of rotatable bonds is 6. The van der Waals surface area contributed by atoms with Gasteiger partial charge in [0, 0.05) is 12.6 Å². The number of nitriles is 1. The molecule has 0 bridgehead atoms. The van der Waals surface area contributed by atoms with E-state index in [0.29, 0.717) is 23.9 Å². The predicted octanol–water partition coefficient (Wildman–Crippen LogP) is 2.05. The summed E-state index contributed by atoms with van der Waals surface area (Å²) in [6.07, 6.45) is 3.60. The Kier molecular flexibility index (Phi) is 4.23. The van der Waals surface area contributed by atoms with Gasteiger partial charge in [-0.1, -0.05) is 0 Å². The Morgan fingerprint density at radius 3 is 2.73 bits per heavy atom. The quantitative estimate of drug-likeness (QED) is 0.837. The number of sulfonamides is 1. The summed E-state index contributed by atoms with van der Waals surface area (Å²) in [5.41, 5.74) is 1.58. The highest BCUT2D eigenvalue weighted by Gasteiger charge is 2.26. The molecule has 118 valence electrons. The lowest BCUT2D eigenvalue weighted by Crippen LogP contribution is -2.26. The van der Waals surface area contributed by atoms with E-state index in [0.717, 1.165) is 31.4 Å². The van der Waals surface area contributed by atoms with Crippen LogP contribution in [-0.2, 0) is 14.8 Å². The highest BCUT2D eigenvalue weighted by atomic mass is 32.2. The van der Waals surface area contributed by atoms with Crippen molar-refractivity contribution in [2.45, 2.75) is 37.8 Å². The largest absolute Gasteiger partial charge is 0.381 e. The average molecular weight is 321 g/mol. The Hall–Kier alpha value is -1.78. The van der Waals surface area contributed by atoms with Crippen LogP contribution >= 0.6 is 0 Å². The van der Waals surface area contributed by atoms with Crippen LogP contribution < -0.4 is 10.0 Å². The molecule has 3 rings (SSSR count). The van der Waals surface area contributed by atoms with E-state index < -0.39 is 10.0 Å². The smallest absolute Gasteiger partial charge is 0.235 e. The maximum absolute atomic E-state index is 12.3. The summed E-state index contributed by atoms with van der Waals surface area (Å²) in [6, 6.07) is 7.43. The standard InChI is InChI=1S/C15H19N3O3S/c16-9-11-3-6-14(17-12-4-5-12)15(8-11)18-22(19,20)10-13-2-1-7-21-13/h3,6,8,12-13,17-18H,1-2,4-5,7,10H2/t13-/m1/s1. The number of hydrogen-bond donors (Lipinski definition) is 2. The van der Waals surface area contributed by atoms with Gasteiger partial charge in [-0.2, -0.15) is 5.26 Å². The summed E-state index contributed by atoms with van der Waals surface area (Å²) in [6.45, 7) is 0.624. The number of nitrogens with zero attached hydrogens (tertiary/aromatic N) is 1. The number of hydrogen-bond acceptors (Lipinski definition) is 5. The van der Waals surface area contributed by atoms with Crippen molar-refractivity contribution in [3.63, 3.8) is 0 Å². The van der Waals surface area contributed by atoms with Gasteiger partial charge in [-0.25, -0.2) is 8.42 Å². The van der Waals surface area contributed by atoms with E-state index in [1.54, 1.807) is 18.2 Å². The van der Waals surface area contributed by atoms with E-state index in [1.807, 2.05) is 6.07 Å². The fourth-order valence-electron chi connectivity index (χ4n) is 2.50. The van der Waals surface area contributed by atoms with Gasteiger partial charge >= 0.3 is 0 Å². The van der Waals surface area contributed by atoms with Gasteiger partial charge in [0.15, 0.2) is 0 Å². The second-order valence-electron chi connectivity index (χ2n) is 5.81. The first-order chi connectivity index (χ1) is 10.6. The molecule has 0 radical (unpaired) electrons. The Bertz CT molecular complexity index is 686. The van der Waals surface area contributed by atoms with Crippen molar-refractivity contribution in [2.75, 3.05) is 22.4 Å². The van der Waals surface area contributed by atoms with Gasteiger partial charge in [0.05, 0.1) is 34.9 Å². The lowest BCUT2D eigenvalue weighted by atomic mass is 10.2. The highest BCUT2D eigenvalue weighted by Crippen LogP contribution is 2.31. The monoisotopic (exact) mass is 321 g/mol. The molecule has 1 saturated heterocycles. The topological polar surface area (TPSA) is 91.2 Å². The second kappa shape index (κ2) is 6.15. The van der Waals surface area contributed by atoms with Crippen molar-refractivity contribution in [2.24, 2.45) is 0 Å². The first-order valence-corrected chi connectivity index (χ1v) is 9.14. The zero-order valence-corrected chi connectivity index (χ0v) is 13.0. The van der Waals surface area contributed by atoms with Crippen LogP contribution in [0.15, 0.2) is 18.2 Å². The van der Waals surface area contributed by atoms with Crippen LogP contribution in [0.5, 0.6) is 0 Å². The molecule has 0 aromatic heterocycles. The van der Waals surface area contributed by atoms with Crippen LogP contribution in [0.25, 0.3) is 0 Å². The number of benzene rings is 1. The number of nitrogens with one attached hydrogen (secondary N) is 2. The molecule has 1 aliphatic heterocycles. The molecule has 2 fully saturated rings. The summed E-state index contributed by atoms with van der Waals surface area (Å²) >= 11 is 0. The van der Waals surface area contributed by atoms with E-state index in [-0.39, 0.29) is 11.9 Å². The molecule has 1 aromatic carbocycles. The van der Waals surface area contributed by atoms with Gasteiger partial charge in [-0.3, -0.25) is 4.72 Å². The van der Waals surface area contributed by atoms with Crippen LogP contribution in [0.1, 0.15) is 31.2 Å². The van der Waals surface area contributed by atoms with Gasteiger partial charge in [-0.05, 0) is 43.9 Å². The molecule has 0 spiro atoms. The van der Waals surface area contributed by atoms with Crippen LogP contribution in [0.3, 0.4) is 0 Å². The van der Waals surface area contributed by atoms with E-state index >= 15 is 0 Å². The van der Waals surface area contributed by atoms with E-state index in [4.69, 9.17) is 10.00 Å². The highest BCUT2D eigenvalue weighted by molar-refractivity contribution is 7.92. The molecular formula is C15H19N3O3S. The SMILES string of the molecule is N#Cc1ccc(NC2CC2)c(NS(=O)(=O)C[C@H]2CCCO2)c1. The zero-order valence-electron chi connectivity index (χ0n) is 12.2. The number of ether oxygens (including phenoxy) is 1. The Labute approximate surface area is 130 Å². The fraction of sp³-hybridized carbons (Fsp3) is 0.533. The summed E-state index contributed by atoms with van der Waals surface area (Å²) in [5.74, 6) is -0.0490. The summed E-state index contributed by atoms with van der Waals surface area (Å²) in [5, 5.41) is 12.3. The molecule has 1 aromatic rings. The van der Waals surface area contributed by atoms with E-state index in [9.17, 15) is 8.42 Å². The summed E-state index contributed by atoms with van der Waals surface area (Å²) in [4.78, 5) is 0. The van der Waals surface area contributed by atoms with E-state index in [2.05, 4.69) is 10.0 Å². The third-order valence-electron chi connectivity index (χ3n) is 3.78. The fourth-order valence-corrected chi connectivity index (χ4v) is 3.84. The molecule has 1 saturated carbocycles. The van der Waals surface area contributed by atoms with Crippen molar-refractivity contribution in [3.05, 3.63) is 23.8 Å². The minimum atomic E-state index is -3.51. The molecule has 6 nitrogen and oxygen atoms in total. The van der Waals surface area contributed by atoms with Crippen LogP contribution in [-0.4, -0.2) is 32.9 Å². The minimum absolute atomic E-state index is 0.0490. The van der Waals surface area contributed by atoms with Gasteiger partial charge in [0.25, 0.3) is 0 Å². The molecule has 0 unspecified atom stereocenters. The lowest BCUT2D eigenvalue weighted by molar-refractivity contribution is 0.127. The Morgan fingerprint density at radius 2 is 2.09 bits per heavy atom. The Balaban J connectivity index is 1.77. The average Bonchev–Trinajstić information content (AvgIpc) is 3.15. The summed E-state index contributed by atoms with van der Waals surface area (Å²) < 4.78 is 32.6. The van der Waals surface area contributed by atoms with Gasteiger partial charge < -0.3 is 10.1 Å². The summed E-state index contributed by atoms with van der Waals surface area (Å²) in [7, 11) is -3.51. The van der Waals surface area contributed by atoms with Crippen molar-refractivity contribution >= 4 is 21.4 Å². The molecular weight excluding hydrogens is 302 g/mol. The van der Waals surface area contributed by atoms with Crippen LogP contribution in [0, 0.1) is 11.3 Å². The van der Waals surface area contributed by atoms with Crippen molar-refractivity contribution in [1.82, 2.24) is 0 Å². The van der Waals surface area contributed by atoms with Crippen molar-refractivity contribution in [3.8, 4) is 6.07 Å². The van der Waals surface area contributed by atoms with Crippen LogP contribution in [0.2, 0.25) is 0 Å². The van der Waals surface area contributed by atoms with E-state index in [1.165, 1.54) is 0 Å². The predicted molar refractivity (Wildman–Crippen MR) is 84.2 cm³/mol. The van der Waals surface area contributed by atoms with Crippen molar-refractivity contribution < 1.29 is 13.2 Å². The first-order valence-electron chi connectivity index (χ1n) is 7.48. The minimum Gasteiger partial charge on any atom is -0.381 e. The molecule has 0 amide bonds. The Morgan fingerprint density at radius 1 is 1.27 bits per heavy atom. The van der Waals surface area contributed by atoms with Crippen LogP contribution in [0.4, 0.5) is 11.4 Å². The van der Waals surface area contributed by atoms with Crippen molar-refractivity contribution in [1.29, 1.82) is 5.26 Å². The second-order valence-corrected chi connectivity index (χ2v) is 7.58. The third kappa shape index (κ3) is 3.90. The molecule has 1 atom stereocenters. The van der Waals surface area contributed by atoms with Gasteiger partial charge in [0.1, 0.15) is 0 Å². The normalized spacial score (nSPS) is 21.3. The van der Waals surface area contributed by atoms with Gasteiger partial charge in [-0.15, -0.1) is 0 Å². The molecule has 1 aliphatic carbocycles. The zero-order chi connectivity index (χ0) is 15.6. The lowest BCUT2D eigenvalue weighted by Gasteiger charge is -2.16. The maximum Gasteiger partial charge on any atom is 0.235 e. The number of anilines is 2. The third-order valence-corrected chi connectivity index (χ3v) is 5.12. The molecule has 2 N–H and O–H groups in total. The molecule has 1 heterocycles. The maximum atomic E-state index is 12.3.